The largest absolute Gasteiger partial charge is 0.481 e. The minimum absolute atomic E-state index is 0.0623. The van der Waals surface area contributed by atoms with Crippen molar-refractivity contribution >= 4 is 11.9 Å². The van der Waals surface area contributed by atoms with E-state index in [9.17, 15) is 9.59 Å². The van der Waals surface area contributed by atoms with Gasteiger partial charge in [-0.1, -0.05) is 12.1 Å². The summed E-state index contributed by atoms with van der Waals surface area (Å²) >= 11 is 0. The Morgan fingerprint density at radius 1 is 1.58 bits per heavy atom. The normalized spacial score (nSPS) is 19.7. The first-order valence-corrected chi connectivity index (χ1v) is 6.42. The second-order valence-corrected chi connectivity index (χ2v) is 4.70. The van der Waals surface area contributed by atoms with Gasteiger partial charge in [0.2, 0.25) is 11.8 Å². The first kappa shape index (κ1) is 13.5. The van der Waals surface area contributed by atoms with E-state index in [-0.39, 0.29) is 25.4 Å². The molecule has 1 aromatic heterocycles. The predicted octanol–water partition coefficient (Wildman–Crippen LogP) is 0.845. The zero-order valence-electron chi connectivity index (χ0n) is 10.8. The van der Waals surface area contributed by atoms with Crippen LogP contribution in [-0.4, -0.2) is 38.6 Å². The van der Waals surface area contributed by atoms with Crippen LogP contribution < -0.4 is 0 Å². The minimum Gasteiger partial charge on any atom is -0.481 e. The zero-order valence-corrected chi connectivity index (χ0v) is 10.8. The van der Waals surface area contributed by atoms with Gasteiger partial charge in [-0.3, -0.25) is 9.59 Å². The van der Waals surface area contributed by atoms with E-state index >= 15 is 0 Å². The molecule has 0 radical (unpaired) electrons. The van der Waals surface area contributed by atoms with E-state index in [0.29, 0.717) is 18.1 Å². The van der Waals surface area contributed by atoms with Crippen LogP contribution in [0.1, 0.15) is 37.9 Å². The molecule has 0 bridgehead atoms. The van der Waals surface area contributed by atoms with Crippen LogP contribution in [0.3, 0.4) is 0 Å². The van der Waals surface area contributed by atoms with Crippen molar-refractivity contribution in [2.75, 3.05) is 6.54 Å². The summed E-state index contributed by atoms with van der Waals surface area (Å²) in [6, 6.07) is 0. The average Bonchev–Trinajstić information content (AvgIpc) is 2.80. The monoisotopic (exact) mass is 267 g/mol. The number of rotatable bonds is 5. The molecular weight excluding hydrogens is 250 g/mol. The third-order valence-electron chi connectivity index (χ3n) is 3.16. The quantitative estimate of drug-likeness (QED) is 0.849. The van der Waals surface area contributed by atoms with Gasteiger partial charge in [0.15, 0.2) is 5.82 Å². The molecule has 0 aromatic carbocycles. The lowest BCUT2D eigenvalue weighted by Gasteiger charge is -2.29. The van der Waals surface area contributed by atoms with Crippen LogP contribution in [-0.2, 0) is 22.6 Å². The van der Waals surface area contributed by atoms with E-state index in [2.05, 4.69) is 10.1 Å². The fourth-order valence-electron chi connectivity index (χ4n) is 2.11. The van der Waals surface area contributed by atoms with Crippen LogP contribution in [0.15, 0.2) is 4.52 Å². The van der Waals surface area contributed by atoms with Crippen molar-refractivity contribution in [2.45, 2.75) is 39.2 Å². The molecule has 0 aliphatic carbocycles. The highest BCUT2D eigenvalue weighted by Gasteiger charge is 2.30. The van der Waals surface area contributed by atoms with E-state index in [4.69, 9.17) is 9.63 Å². The summed E-state index contributed by atoms with van der Waals surface area (Å²) in [4.78, 5) is 28.4. The SMILES string of the molecule is CCCc1noc(CN2CC(C(=O)O)CCC2=O)n1. The van der Waals surface area contributed by atoms with Gasteiger partial charge in [-0.15, -0.1) is 0 Å². The Labute approximate surface area is 110 Å². The number of carbonyl (C=O) groups is 2. The first-order valence-electron chi connectivity index (χ1n) is 6.42. The Hall–Kier alpha value is -1.92. The van der Waals surface area contributed by atoms with E-state index < -0.39 is 11.9 Å². The van der Waals surface area contributed by atoms with Crippen molar-refractivity contribution in [3.8, 4) is 0 Å². The van der Waals surface area contributed by atoms with Crippen LogP contribution in [0.2, 0.25) is 0 Å². The van der Waals surface area contributed by atoms with Crippen molar-refractivity contribution in [3.63, 3.8) is 0 Å². The number of hydrogen-bond donors (Lipinski definition) is 1. The van der Waals surface area contributed by atoms with Gasteiger partial charge in [-0.25, -0.2) is 0 Å². The summed E-state index contributed by atoms with van der Waals surface area (Å²) in [5.74, 6) is -0.447. The Morgan fingerprint density at radius 2 is 2.37 bits per heavy atom. The number of likely N-dealkylation sites (tertiary alicyclic amines) is 1. The van der Waals surface area contributed by atoms with Crippen molar-refractivity contribution in [3.05, 3.63) is 11.7 Å². The molecule has 1 saturated heterocycles. The Balaban J connectivity index is 1.99. The molecule has 2 heterocycles. The molecule has 0 spiro atoms. The Kier molecular flexibility index (Phi) is 4.13. The lowest BCUT2D eigenvalue weighted by atomic mass is 9.98. The van der Waals surface area contributed by atoms with Gasteiger partial charge in [0.05, 0.1) is 5.92 Å². The van der Waals surface area contributed by atoms with Gasteiger partial charge >= 0.3 is 5.97 Å². The van der Waals surface area contributed by atoms with Gasteiger partial charge in [0, 0.05) is 19.4 Å². The van der Waals surface area contributed by atoms with Crippen LogP contribution >= 0.6 is 0 Å². The number of hydrogen-bond acceptors (Lipinski definition) is 5. The van der Waals surface area contributed by atoms with E-state index in [1.54, 1.807) is 0 Å². The topological polar surface area (TPSA) is 96.5 Å². The highest BCUT2D eigenvalue weighted by Crippen LogP contribution is 2.19. The molecule has 2 rings (SSSR count). The average molecular weight is 267 g/mol. The fraction of sp³-hybridized carbons (Fsp3) is 0.667. The van der Waals surface area contributed by atoms with Gasteiger partial charge in [0.1, 0.15) is 6.54 Å². The number of amides is 1. The molecule has 1 amide bonds. The second-order valence-electron chi connectivity index (χ2n) is 4.70. The third-order valence-corrected chi connectivity index (χ3v) is 3.16. The Bertz CT molecular complexity index is 471. The number of nitrogens with zero attached hydrogens (tertiary/aromatic N) is 3. The molecule has 7 heteroatoms. The van der Waals surface area contributed by atoms with Crippen molar-refractivity contribution in [2.24, 2.45) is 5.92 Å². The lowest BCUT2D eigenvalue weighted by Crippen LogP contribution is -2.42. The smallest absolute Gasteiger partial charge is 0.308 e. The summed E-state index contributed by atoms with van der Waals surface area (Å²) in [6.45, 7) is 2.42. The highest BCUT2D eigenvalue weighted by molar-refractivity contribution is 5.80. The number of piperidine rings is 1. The standard InChI is InChI=1S/C12H17N3O4/c1-2-3-9-13-10(19-14-9)7-15-6-8(12(17)18)4-5-11(15)16/h8H,2-7H2,1H3,(H,17,18). The van der Waals surface area contributed by atoms with E-state index in [1.807, 2.05) is 6.92 Å². The van der Waals surface area contributed by atoms with Crippen LogP contribution in [0.25, 0.3) is 0 Å². The van der Waals surface area contributed by atoms with Gasteiger partial charge in [-0.2, -0.15) is 4.98 Å². The van der Waals surface area contributed by atoms with Crippen molar-refractivity contribution in [1.82, 2.24) is 15.0 Å². The van der Waals surface area contributed by atoms with Gasteiger partial charge in [0.25, 0.3) is 0 Å². The zero-order chi connectivity index (χ0) is 13.8. The number of aliphatic carboxylic acids is 1. The summed E-state index contributed by atoms with van der Waals surface area (Å²) in [5.41, 5.74) is 0. The minimum atomic E-state index is -0.866. The summed E-state index contributed by atoms with van der Waals surface area (Å²) in [7, 11) is 0. The second kappa shape index (κ2) is 5.81. The summed E-state index contributed by atoms with van der Waals surface area (Å²) in [6.07, 6.45) is 2.31. The summed E-state index contributed by atoms with van der Waals surface area (Å²) < 4.78 is 5.06. The number of aryl methyl sites for hydroxylation is 1. The van der Waals surface area contributed by atoms with Crippen LogP contribution in [0, 0.1) is 5.92 Å². The van der Waals surface area contributed by atoms with Gasteiger partial charge < -0.3 is 14.5 Å². The maximum Gasteiger partial charge on any atom is 0.308 e. The third kappa shape index (κ3) is 3.30. The maximum absolute atomic E-state index is 11.7. The molecule has 104 valence electrons. The molecule has 1 atom stereocenters. The van der Waals surface area contributed by atoms with Crippen LogP contribution in [0.5, 0.6) is 0 Å². The summed E-state index contributed by atoms with van der Waals surface area (Å²) in [5, 5.41) is 12.8. The molecular formula is C12H17N3O4. The number of carboxylic acid groups (broad SMARTS) is 1. The van der Waals surface area contributed by atoms with Crippen molar-refractivity contribution < 1.29 is 19.2 Å². The van der Waals surface area contributed by atoms with E-state index in [1.165, 1.54) is 4.90 Å². The molecule has 1 fully saturated rings. The molecule has 1 aliphatic heterocycles. The van der Waals surface area contributed by atoms with Gasteiger partial charge in [-0.05, 0) is 12.8 Å². The Morgan fingerprint density at radius 3 is 3.05 bits per heavy atom. The first-order chi connectivity index (χ1) is 9.10. The van der Waals surface area contributed by atoms with E-state index in [0.717, 1.165) is 12.8 Å². The number of carboxylic acids is 1. The molecule has 7 nitrogen and oxygen atoms in total. The number of carbonyl (C=O) groups excluding carboxylic acids is 1. The number of aromatic nitrogens is 2. The lowest BCUT2D eigenvalue weighted by molar-refractivity contribution is -0.147. The van der Waals surface area contributed by atoms with Crippen LogP contribution in [0.4, 0.5) is 0 Å². The molecule has 1 N–H and O–H groups in total. The maximum atomic E-state index is 11.7. The van der Waals surface area contributed by atoms with Crippen molar-refractivity contribution in [1.29, 1.82) is 0 Å². The molecule has 1 unspecified atom stereocenters. The highest BCUT2D eigenvalue weighted by atomic mass is 16.5. The predicted molar refractivity (Wildman–Crippen MR) is 64.1 cm³/mol. The molecule has 0 saturated carbocycles. The molecule has 19 heavy (non-hydrogen) atoms. The molecule has 1 aliphatic rings. The molecule has 1 aromatic rings. The fourth-order valence-corrected chi connectivity index (χ4v) is 2.11.